The van der Waals surface area contributed by atoms with Crippen LogP contribution in [0.5, 0.6) is 0 Å². The van der Waals surface area contributed by atoms with Crippen LogP contribution in [-0.4, -0.2) is 15.9 Å². The number of phosphoric ester groups is 1. The largest absolute Gasteiger partial charge is 0.469 e. The molecule has 0 amide bonds. The van der Waals surface area contributed by atoms with E-state index in [1.807, 2.05) is 0 Å². The highest BCUT2D eigenvalue weighted by Crippen LogP contribution is 2.37. The molecule has 0 aliphatic rings. The fourth-order valence-corrected chi connectivity index (χ4v) is 0.927. The molecule has 0 radical (unpaired) electrons. The van der Waals surface area contributed by atoms with Gasteiger partial charge in [0, 0.05) is 0 Å². The second-order valence-corrected chi connectivity index (χ2v) is 3.01. The first kappa shape index (κ1) is 9.11. The number of hydrogen-bond acceptors (Lipinski definition) is 2. The van der Waals surface area contributed by atoms with Crippen molar-refractivity contribution < 1.29 is 18.9 Å². The summed E-state index contributed by atoms with van der Waals surface area (Å²) in [6.45, 7) is 3.40. The summed E-state index contributed by atoms with van der Waals surface area (Å²) in [6, 6.07) is 0. The summed E-state index contributed by atoms with van der Waals surface area (Å²) < 4.78 is 14.3. The lowest BCUT2D eigenvalue weighted by atomic mass is 10.3. The molecular weight excluding hydrogens is 143 g/mol. The maximum atomic E-state index is 10.1. The van der Waals surface area contributed by atoms with Gasteiger partial charge in [-0.2, -0.15) is 0 Å². The van der Waals surface area contributed by atoms with Crippen molar-refractivity contribution in [2.45, 2.75) is 26.4 Å². The van der Waals surface area contributed by atoms with Crippen LogP contribution >= 0.6 is 7.82 Å². The minimum atomic E-state index is -4.24. The zero-order chi connectivity index (χ0) is 7.49. The topological polar surface area (TPSA) is 66.8 Å². The Morgan fingerprint density at radius 2 is 2.11 bits per heavy atom. The summed E-state index contributed by atoms with van der Waals surface area (Å²) in [4.78, 5) is 16.4. The van der Waals surface area contributed by atoms with Crippen molar-refractivity contribution in [2.75, 3.05) is 0 Å². The van der Waals surface area contributed by atoms with Crippen LogP contribution in [0.15, 0.2) is 0 Å². The van der Waals surface area contributed by atoms with Gasteiger partial charge in [-0.05, 0) is 13.3 Å². The average molecular weight is 154 g/mol. The van der Waals surface area contributed by atoms with Gasteiger partial charge < -0.3 is 9.79 Å². The van der Waals surface area contributed by atoms with Gasteiger partial charge in [-0.15, -0.1) is 0 Å². The van der Waals surface area contributed by atoms with E-state index in [-0.39, 0.29) is 6.10 Å². The van der Waals surface area contributed by atoms with Crippen molar-refractivity contribution >= 4 is 7.82 Å². The molecule has 0 saturated heterocycles. The Kier molecular flexibility index (Phi) is 3.36. The van der Waals surface area contributed by atoms with Gasteiger partial charge in [0.2, 0.25) is 0 Å². The first-order chi connectivity index (χ1) is 3.95. The minimum absolute atomic E-state index is 0.370. The highest BCUT2D eigenvalue weighted by Gasteiger charge is 2.16. The van der Waals surface area contributed by atoms with Crippen LogP contribution < -0.4 is 0 Å². The van der Waals surface area contributed by atoms with Crippen molar-refractivity contribution in [3.8, 4) is 0 Å². The summed E-state index contributed by atoms with van der Waals surface area (Å²) in [5.74, 6) is 0. The molecule has 1 atom stereocenters. The molecule has 0 aromatic carbocycles. The molecular formula is C4H11O4P. The Balaban J connectivity index is 3.60. The standard InChI is InChI=1S/C4H11O4P/c1-3-4(2)8-9(5,6)7/h4H,3H2,1-2H3,(H2,5,6,7). The number of phosphoric acid groups is 1. The third-order valence-corrected chi connectivity index (χ3v) is 1.53. The first-order valence-electron chi connectivity index (χ1n) is 2.69. The lowest BCUT2D eigenvalue weighted by Gasteiger charge is -2.09. The third kappa shape index (κ3) is 5.99. The van der Waals surface area contributed by atoms with Gasteiger partial charge in [0.1, 0.15) is 0 Å². The monoisotopic (exact) mass is 154 g/mol. The fraction of sp³-hybridized carbons (Fsp3) is 1.00. The first-order valence-corrected chi connectivity index (χ1v) is 4.22. The van der Waals surface area contributed by atoms with Crippen molar-refractivity contribution in [3.63, 3.8) is 0 Å². The molecule has 0 aromatic heterocycles. The number of rotatable bonds is 3. The molecule has 0 aromatic rings. The van der Waals surface area contributed by atoms with Crippen molar-refractivity contribution in [1.29, 1.82) is 0 Å². The maximum absolute atomic E-state index is 10.1. The molecule has 0 heterocycles. The summed E-state index contributed by atoms with van der Waals surface area (Å²) >= 11 is 0. The van der Waals surface area contributed by atoms with Gasteiger partial charge in [-0.1, -0.05) is 6.92 Å². The average Bonchev–Trinajstić information content (AvgIpc) is 1.62. The van der Waals surface area contributed by atoms with Gasteiger partial charge in [0.15, 0.2) is 0 Å². The lowest BCUT2D eigenvalue weighted by molar-refractivity contribution is 0.142. The Labute approximate surface area is 54.1 Å². The fourth-order valence-electron chi connectivity index (χ4n) is 0.309. The van der Waals surface area contributed by atoms with E-state index < -0.39 is 7.82 Å². The molecule has 1 unspecified atom stereocenters. The Morgan fingerprint density at radius 1 is 1.67 bits per heavy atom. The van der Waals surface area contributed by atoms with E-state index in [4.69, 9.17) is 9.79 Å². The van der Waals surface area contributed by atoms with Crippen LogP contribution in [0.3, 0.4) is 0 Å². The van der Waals surface area contributed by atoms with Gasteiger partial charge in [0.05, 0.1) is 6.10 Å². The molecule has 0 saturated carbocycles. The second-order valence-electron chi connectivity index (χ2n) is 1.81. The van der Waals surface area contributed by atoms with E-state index in [0.29, 0.717) is 6.42 Å². The molecule has 4 nitrogen and oxygen atoms in total. The minimum Gasteiger partial charge on any atom is -0.303 e. The predicted molar refractivity (Wildman–Crippen MR) is 32.9 cm³/mol. The molecule has 0 aliphatic carbocycles. The molecule has 56 valence electrons. The summed E-state index contributed by atoms with van der Waals surface area (Å²) in [6.07, 6.45) is 0.233. The van der Waals surface area contributed by atoms with Crippen molar-refractivity contribution in [2.24, 2.45) is 0 Å². The van der Waals surface area contributed by atoms with Crippen LogP contribution in [0.4, 0.5) is 0 Å². The second kappa shape index (κ2) is 3.32. The van der Waals surface area contributed by atoms with E-state index in [9.17, 15) is 4.57 Å². The van der Waals surface area contributed by atoms with E-state index in [2.05, 4.69) is 4.52 Å². The van der Waals surface area contributed by atoms with Crippen LogP contribution in [0, 0.1) is 0 Å². The summed E-state index contributed by atoms with van der Waals surface area (Å²) in [5, 5.41) is 0. The van der Waals surface area contributed by atoms with Crippen molar-refractivity contribution in [3.05, 3.63) is 0 Å². The smallest absolute Gasteiger partial charge is 0.303 e. The Bertz CT molecular complexity index is 118. The molecule has 0 bridgehead atoms. The summed E-state index contributed by atoms with van der Waals surface area (Å²) in [7, 11) is -4.24. The number of hydrogen-bond donors (Lipinski definition) is 2. The quantitative estimate of drug-likeness (QED) is 0.592. The summed E-state index contributed by atoms with van der Waals surface area (Å²) in [5.41, 5.74) is 0. The lowest BCUT2D eigenvalue weighted by Crippen LogP contribution is -2.03. The molecule has 0 spiro atoms. The van der Waals surface area contributed by atoms with E-state index >= 15 is 0 Å². The Hall–Kier alpha value is 0.110. The molecule has 2 N–H and O–H groups in total. The molecule has 0 fully saturated rings. The predicted octanol–water partition coefficient (Wildman–Crippen LogP) is 0.894. The zero-order valence-electron chi connectivity index (χ0n) is 5.44. The van der Waals surface area contributed by atoms with Gasteiger partial charge in [-0.3, -0.25) is 4.52 Å². The SMILES string of the molecule is CCC(C)OP(=O)(O)O. The van der Waals surface area contributed by atoms with E-state index in [1.54, 1.807) is 13.8 Å². The molecule has 0 rings (SSSR count). The highest BCUT2D eigenvalue weighted by molar-refractivity contribution is 7.46. The highest BCUT2D eigenvalue weighted by atomic mass is 31.2. The van der Waals surface area contributed by atoms with Crippen LogP contribution in [0.25, 0.3) is 0 Å². The van der Waals surface area contributed by atoms with Gasteiger partial charge in [0.25, 0.3) is 0 Å². The molecule has 0 aliphatic heterocycles. The van der Waals surface area contributed by atoms with Gasteiger partial charge in [-0.25, -0.2) is 4.57 Å². The van der Waals surface area contributed by atoms with Gasteiger partial charge >= 0.3 is 7.82 Å². The van der Waals surface area contributed by atoms with Crippen LogP contribution in [0.2, 0.25) is 0 Å². The maximum Gasteiger partial charge on any atom is 0.469 e. The van der Waals surface area contributed by atoms with Crippen LogP contribution in [-0.2, 0) is 9.09 Å². The third-order valence-electron chi connectivity index (χ3n) is 0.892. The van der Waals surface area contributed by atoms with E-state index in [0.717, 1.165) is 0 Å². The molecule has 9 heavy (non-hydrogen) atoms. The van der Waals surface area contributed by atoms with E-state index in [1.165, 1.54) is 0 Å². The molecule has 5 heteroatoms. The van der Waals surface area contributed by atoms with Crippen LogP contribution in [0.1, 0.15) is 20.3 Å². The Morgan fingerprint density at radius 3 is 2.22 bits per heavy atom. The normalized spacial score (nSPS) is 15.6. The zero-order valence-corrected chi connectivity index (χ0v) is 6.34. The van der Waals surface area contributed by atoms with Crippen molar-refractivity contribution in [1.82, 2.24) is 0 Å².